The summed E-state index contributed by atoms with van der Waals surface area (Å²) in [5.41, 5.74) is 2.58. The Hall–Kier alpha value is -3.69. The summed E-state index contributed by atoms with van der Waals surface area (Å²) in [6.07, 6.45) is 5.27. The second-order valence-corrected chi connectivity index (χ2v) is 10.6. The van der Waals surface area contributed by atoms with E-state index in [2.05, 4.69) is 37.9 Å². The number of carbonyl (C=O) groups excluding carboxylic acids is 1. The first kappa shape index (κ1) is 29.3. The van der Waals surface area contributed by atoms with Crippen LogP contribution in [-0.4, -0.2) is 47.5 Å². The number of aromatic nitrogens is 1. The molecule has 0 saturated carbocycles. The van der Waals surface area contributed by atoms with Gasteiger partial charge in [0.25, 0.3) is 5.91 Å². The van der Waals surface area contributed by atoms with Crippen LogP contribution in [0.3, 0.4) is 0 Å². The topological polar surface area (TPSA) is 76.6 Å². The van der Waals surface area contributed by atoms with Gasteiger partial charge in [-0.25, -0.2) is 9.24 Å². The molecule has 1 N–H and O–H groups in total. The van der Waals surface area contributed by atoms with Gasteiger partial charge in [0, 0.05) is 61.9 Å². The monoisotopic (exact) mass is 578 g/mol. The highest BCUT2D eigenvalue weighted by Gasteiger charge is 2.28. The molecule has 0 aliphatic carbocycles. The van der Waals surface area contributed by atoms with Crippen LogP contribution in [0.1, 0.15) is 47.7 Å². The Kier molecular flexibility index (Phi) is 9.95. The Morgan fingerprint density at radius 3 is 2.52 bits per heavy atom. The molecule has 1 saturated heterocycles. The van der Waals surface area contributed by atoms with Gasteiger partial charge in [-0.3, -0.25) is 9.78 Å². The average molecular weight is 580 g/mol. The molecule has 10 heteroatoms. The lowest BCUT2D eigenvalue weighted by Crippen LogP contribution is -2.48. The molecule has 1 aliphatic rings. The minimum Gasteiger partial charge on any atom is -0.364 e. The first-order valence-corrected chi connectivity index (χ1v) is 13.8. The lowest BCUT2D eigenvalue weighted by atomic mass is 9.99. The van der Waals surface area contributed by atoms with E-state index in [1.54, 1.807) is 18.2 Å². The molecule has 0 spiro atoms. The third-order valence-corrected chi connectivity index (χ3v) is 7.89. The van der Waals surface area contributed by atoms with Gasteiger partial charge >= 0.3 is 0 Å². The Morgan fingerprint density at radius 2 is 1.90 bits per heavy atom. The van der Waals surface area contributed by atoms with Crippen molar-refractivity contribution >= 4 is 40.5 Å². The van der Waals surface area contributed by atoms with Gasteiger partial charge < -0.3 is 15.1 Å². The van der Waals surface area contributed by atoms with E-state index in [1.807, 2.05) is 12.1 Å². The van der Waals surface area contributed by atoms with Crippen molar-refractivity contribution in [3.8, 4) is 6.07 Å². The third kappa shape index (κ3) is 7.08. The number of halogens is 3. The molecular weight excluding hydrogens is 550 g/mol. The summed E-state index contributed by atoms with van der Waals surface area (Å²) in [4.78, 5) is 24.5. The van der Waals surface area contributed by atoms with E-state index in [4.69, 9.17) is 29.8 Å². The molecule has 1 unspecified atom stereocenters. The van der Waals surface area contributed by atoms with E-state index in [1.165, 1.54) is 24.5 Å². The molecule has 0 radical (unpaired) electrons. The van der Waals surface area contributed by atoms with Crippen LogP contribution in [-0.2, 0) is 6.54 Å². The number of anilines is 1. The lowest BCUT2D eigenvalue weighted by Gasteiger charge is -2.42. The van der Waals surface area contributed by atoms with Crippen LogP contribution in [0.2, 0.25) is 10.0 Å². The van der Waals surface area contributed by atoms with Gasteiger partial charge in [0.15, 0.2) is 5.69 Å². The van der Waals surface area contributed by atoms with Crippen molar-refractivity contribution in [2.75, 3.05) is 24.5 Å². The number of hydrogen-bond acceptors (Lipinski definition) is 5. The fourth-order valence-corrected chi connectivity index (χ4v) is 5.57. The number of carbonyl (C=O) groups is 1. The second-order valence-electron chi connectivity index (χ2n) is 9.81. The third-order valence-electron chi connectivity index (χ3n) is 7.32. The van der Waals surface area contributed by atoms with Crippen LogP contribution >= 0.6 is 23.2 Å². The van der Waals surface area contributed by atoms with Gasteiger partial charge in [-0.15, -0.1) is 0 Å². The van der Waals surface area contributed by atoms with E-state index in [0.717, 1.165) is 38.0 Å². The van der Waals surface area contributed by atoms with Crippen molar-refractivity contribution in [2.45, 2.75) is 44.8 Å². The Morgan fingerprint density at radius 1 is 1.23 bits per heavy atom. The summed E-state index contributed by atoms with van der Waals surface area (Å²) in [6.45, 7) is 11.9. The number of benzene rings is 2. The molecule has 2 heterocycles. The zero-order valence-electron chi connectivity index (χ0n) is 22.1. The van der Waals surface area contributed by atoms with Crippen LogP contribution in [0.15, 0.2) is 54.9 Å². The first-order valence-electron chi connectivity index (χ1n) is 13.0. The lowest BCUT2D eigenvalue weighted by molar-refractivity contribution is 0.0945. The van der Waals surface area contributed by atoms with Crippen molar-refractivity contribution < 1.29 is 9.18 Å². The molecule has 1 amide bonds. The smallest absolute Gasteiger partial charge is 0.254 e. The molecule has 1 aliphatic heterocycles. The molecule has 1 fully saturated rings. The minimum absolute atomic E-state index is 0.156. The van der Waals surface area contributed by atoms with Crippen molar-refractivity contribution in [1.29, 1.82) is 5.26 Å². The van der Waals surface area contributed by atoms with Gasteiger partial charge in [-0.1, -0.05) is 35.3 Å². The molecule has 3 aromatic rings. The zero-order valence-corrected chi connectivity index (χ0v) is 23.6. The predicted octanol–water partition coefficient (Wildman–Crippen LogP) is 6.63. The van der Waals surface area contributed by atoms with Crippen LogP contribution in [0.4, 0.5) is 15.8 Å². The molecular formula is C30H29Cl2FN6O. The number of rotatable bonds is 9. The van der Waals surface area contributed by atoms with Gasteiger partial charge in [0.05, 0.1) is 33.8 Å². The van der Waals surface area contributed by atoms with Crippen molar-refractivity contribution in [2.24, 2.45) is 0 Å². The molecule has 4 rings (SSSR count). The highest BCUT2D eigenvalue weighted by molar-refractivity contribution is 6.39. The predicted molar refractivity (Wildman–Crippen MR) is 155 cm³/mol. The number of hydrogen-bond donors (Lipinski definition) is 1. The molecule has 40 heavy (non-hydrogen) atoms. The normalized spacial score (nSPS) is 14.7. The van der Waals surface area contributed by atoms with Gasteiger partial charge in [-0.2, -0.15) is 5.26 Å². The van der Waals surface area contributed by atoms with E-state index in [-0.39, 0.29) is 39.4 Å². The Balaban J connectivity index is 1.38. The van der Waals surface area contributed by atoms with Gasteiger partial charge in [-0.05, 0) is 56.5 Å². The van der Waals surface area contributed by atoms with Crippen LogP contribution in [0, 0.1) is 23.7 Å². The van der Waals surface area contributed by atoms with Crippen molar-refractivity contribution in [3.05, 3.63) is 98.8 Å². The minimum atomic E-state index is -0.343. The fraction of sp³-hybridized carbons (Fsp3) is 0.333. The number of piperidine rings is 1. The highest BCUT2D eigenvalue weighted by Crippen LogP contribution is 2.29. The summed E-state index contributed by atoms with van der Waals surface area (Å²) in [5.74, 6) is -0.667. The fourth-order valence-electron chi connectivity index (χ4n) is 5.03. The number of nitrogens with zero attached hydrogens (tertiary/aromatic N) is 5. The first-order chi connectivity index (χ1) is 19.3. The van der Waals surface area contributed by atoms with Gasteiger partial charge in [0.1, 0.15) is 5.82 Å². The van der Waals surface area contributed by atoms with Gasteiger partial charge in [0.2, 0.25) is 0 Å². The maximum absolute atomic E-state index is 14.7. The summed E-state index contributed by atoms with van der Waals surface area (Å²) in [7, 11) is 0. The molecule has 206 valence electrons. The van der Waals surface area contributed by atoms with Crippen molar-refractivity contribution in [3.63, 3.8) is 0 Å². The molecule has 1 atom stereocenters. The Labute approximate surface area is 244 Å². The molecule has 7 nitrogen and oxygen atoms in total. The largest absolute Gasteiger partial charge is 0.364 e. The van der Waals surface area contributed by atoms with Crippen LogP contribution < -0.4 is 10.2 Å². The molecule has 2 aromatic carbocycles. The number of amides is 1. The quantitative estimate of drug-likeness (QED) is 0.288. The highest BCUT2D eigenvalue weighted by atomic mass is 35.5. The summed E-state index contributed by atoms with van der Waals surface area (Å²) in [5, 5.41) is 12.6. The van der Waals surface area contributed by atoms with E-state index in [9.17, 15) is 14.4 Å². The average Bonchev–Trinajstić information content (AvgIpc) is 2.97. The number of nitriles is 1. The summed E-state index contributed by atoms with van der Waals surface area (Å²) < 4.78 is 14.7. The number of likely N-dealkylation sites (tertiary alicyclic amines) is 1. The number of nitrogens with one attached hydrogen (secondary N) is 1. The van der Waals surface area contributed by atoms with Crippen molar-refractivity contribution in [1.82, 2.24) is 15.2 Å². The maximum Gasteiger partial charge on any atom is 0.254 e. The Bertz CT molecular complexity index is 1410. The zero-order chi connectivity index (χ0) is 28.6. The van der Waals surface area contributed by atoms with Crippen LogP contribution in [0.5, 0.6) is 0 Å². The van der Waals surface area contributed by atoms with E-state index >= 15 is 0 Å². The molecule has 0 bridgehead atoms. The van der Waals surface area contributed by atoms with Crippen LogP contribution in [0.25, 0.3) is 4.85 Å². The maximum atomic E-state index is 14.7. The number of pyridine rings is 1. The second kappa shape index (κ2) is 13.6. The molecule has 1 aromatic heterocycles. The standard InChI is InChI=1S/C30H29Cl2FN6O/c1-20(9-12-37-30(40)29-26(31)17-36-18-27(29)32)38-13-10-25(11-14-38)39(24-6-4-23(35-2)5-7-24)19-22-15-21(16-34)3-8-28(22)33/h3-8,15,17-18,20,25H,9-14,19H2,1H3,(H,37,40). The SMILES string of the molecule is [C-]#[N+]c1ccc(N(Cc2cc(C#N)ccc2F)C2CCN(C(C)CCNC(=O)c3c(Cl)cncc3Cl)CC2)cc1. The van der Waals surface area contributed by atoms with E-state index < -0.39 is 0 Å². The summed E-state index contributed by atoms with van der Waals surface area (Å²) >= 11 is 12.2. The van der Waals surface area contributed by atoms with E-state index in [0.29, 0.717) is 29.9 Å². The summed E-state index contributed by atoms with van der Waals surface area (Å²) in [6, 6.07) is 14.3.